The maximum absolute atomic E-state index is 11.3. The first-order valence-corrected chi connectivity index (χ1v) is 7.34. The van der Waals surface area contributed by atoms with Crippen molar-refractivity contribution in [1.82, 2.24) is 20.1 Å². The van der Waals surface area contributed by atoms with Gasteiger partial charge in [0.05, 0.1) is 11.2 Å². The van der Waals surface area contributed by atoms with Crippen LogP contribution in [0.25, 0.3) is 34.6 Å². The highest BCUT2D eigenvalue weighted by Gasteiger charge is 2.07. The molecule has 0 amide bonds. The summed E-state index contributed by atoms with van der Waals surface area (Å²) < 4.78 is 5.19. The van der Waals surface area contributed by atoms with Gasteiger partial charge in [-0.15, -0.1) is 0 Å². The third kappa shape index (κ3) is 2.85. The summed E-state index contributed by atoms with van der Waals surface area (Å²) in [5, 5.41) is 4.93. The minimum atomic E-state index is -0.209. The summed E-state index contributed by atoms with van der Waals surface area (Å²) in [6, 6.07) is 14.7. The van der Waals surface area contributed by atoms with Gasteiger partial charge in [-0.25, -0.2) is 0 Å². The van der Waals surface area contributed by atoms with Crippen LogP contribution in [0.2, 0.25) is 0 Å². The van der Waals surface area contributed by atoms with Crippen molar-refractivity contribution < 1.29 is 4.52 Å². The van der Waals surface area contributed by atoms with Crippen LogP contribution < -0.4 is 5.56 Å². The molecule has 0 saturated carbocycles. The number of rotatable bonds is 3. The van der Waals surface area contributed by atoms with E-state index < -0.39 is 0 Å². The molecule has 6 nitrogen and oxygen atoms in total. The van der Waals surface area contributed by atoms with E-state index in [4.69, 9.17) is 4.52 Å². The highest BCUT2D eigenvalue weighted by atomic mass is 16.5. The van der Waals surface area contributed by atoms with E-state index in [1.54, 1.807) is 24.4 Å². The van der Waals surface area contributed by atoms with Gasteiger partial charge >= 0.3 is 0 Å². The Kier molecular flexibility index (Phi) is 3.47. The molecule has 0 spiro atoms. The molecule has 24 heavy (non-hydrogen) atoms. The molecule has 0 saturated heterocycles. The predicted octanol–water partition coefficient (Wildman–Crippen LogP) is 3.14. The summed E-state index contributed by atoms with van der Waals surface area (Å²) in [6.45, 7) is 0. The Balaban J connectivity index is 1.60. The Bertz CT molecular complexity index is 1100. The highest BCUT2D eigenvalue weighted by Crippen LogP contribution is 2.16. The third-order valence-electron chi connectivity index (χ3n) is 3.50. The molecule has 0 fully saturated rings. The van der Waals surface area contributed by atoms with E-state index in [9.17, 15) is 4.79 Å². The number of aromatic amines is 1. The van der Waals surface area contributed by atoms with Crippen molar-refractivity contribution in [1.29, 1.82) is 0 Å². The fourth-order valence-electron chi connectivity index (χ4n) is 2.36. The summed E-state index contributed by atoms with van der Waals surface area (Å²) in [5.41, 5.74) is 2.26. The van der Waals surface area contributed by atoms with Crippen molar-refractivity contribution in [3.8, 4) is 11.5 Å². The zero-order valence-corrected chi connectivity index (χ0v) is 12.5. The van der Waals surface area contributed by atoms with Crippen LogP contribution in [-0.4, -0.2) is 20.1 Å². The van der Waals surface area contributed by atoms with Gasteiger partial charge < -0.3 is 9.51 Å². The van der Waals surface area contributed by atoms with E-state index in [1.165, 1.54) is 6.07 Å². The second kappa shape index (κ2) is 5.92. The average Bonchev–Trinajstić information content (AvgIpc) is 3.09. The van der Waals surface area contributed by atoms with Crippen LogP contribution in [0.3, 0.4) is 0 Å². The van der Waals surface area contributed by atoms with Crippen LogP contribution in [-0.2, 0) is 0 Å². The SMILES string of the molecule is O=c1cccc(-c2noc(/C=C/c3ccc4ncccc4c3)n2)[nH]1. The number of nitrogens with one attached hydrogen (secondary N) is 1. The molecule has 0 atom stereocenters. The van der Waals surface area contributed by atoms with Crippen LogP contribution in [0.15, 0.2) is 64.0 Å². The lowest BCUT2D eigenvalue weighted by Crippen LogP contribution is -2.03. The van der Waals surface area contributed by atoms with Crippen molar-refractivity contribution >= 4 is 23.1 Å². The number of H-pyrrole nitrogens is 1. The van der Waals surface area contributed by atoms with Crippen LogP contribution in [0.1, 0.15) is 11.5 Å². The van der Waals surface area contributed by atoms with Crippen molar-refractivity contribution in [2.75, 3.05) is 0 Å². The Morgan fingerprint density at radius 3 is 2.92 bits per heavy atom. The standard InChI is InChI=1S/C18H12N4O2/c23-16-5-1-4-15(20-16)18-21-17(24-22-18)9-7-12-6-8-14-13(11-12)3-2-10-19-14/h1-11H,(H,20,23)/b9-7+. The summed E-state index contributed by atoms with van der Waals surface area (Å²) in [5.74, 6) is 0.705. The molecule has 1 aromatic carbocycles. The first-order valence-electron chi connectivity index (χ1n) is 7.34. The van der Waals surface area contributed by atoms with Crippen LogP contribution >= 0.6 is 0 Å². The number of hydrogen-bond donors (Lipinski definition) is 1. The molecule has 0 aliphatic heterocycles. The smallest absolute Gasteiger partial charge is 0.251 e. The molecule has 3 heterocycles. The fraction of sp³-hybridized carbons (Fsp3) is 0. The first-order chi connectivity index (χ1) is 11.8. The normalized spacial score (nSPS) is 11.3. The summed E-state index contributed by atoms with van der Waals surface area (Å²) in [6.07, 6.45) is 5.39. The van der Waals surface area contributed by atoms with E-state index in [0.717, 1.165) is 16.5 Å². The monoisotopic (exact) mass is 316 g/mol. The number of nitrogens with zero attached hydrogens (tertiary/aromatic N) is 3. The lowest BCUT2D eigenvalue weighted by atomic mass is 10.1. The molecule has 0 aliphatic rings. The van der Waals surface area contributed by atoms with Gasteiger partial charge in [0, 0.05) is 23.7 Å². The number of pyridine rings is 2. The van der Waals surface area contributed by atoms with E-state index >= 15 is 0 Å². The molecule has 4 aromatic rings. The number of hydrogen-bond acceptors (Lipinski definition) is 5. The molecule has 116 valence electrons. The number of fused-ring (bicyclic) bond motifs is 1. The fourth-order valence-corrected chi connectivity index (χ4v) is 2.36. The first kappa shape index (κ1) is 14.1. The highest BCUT2D eigenvalue weighted by molar-refractivity contribution is 5.82. The lowest BCUT2D eigenvalue weighted by Gasteiger charge is -1.97. The number of aromatic nitrogens is 4. The molecule has 3 aromatic heterocycles. The Morgan fingerprint density at radius 2 is 2.00 bits per heavy atom. The maximum Gasteiger partial charge on any atom is 0.251 e. The second-order valence-corrected chi connectivity index (χ2v) is 5.17. The zero-order valence-electron chi connectivity index (χ0n) is 12.5. The summed E-state index contributed by atoms with van der Waals surface area (Å²) >= 11 is 0. The average molecular weight is 316 g/mol. The van der Waals surface area contributed by atoms with Gasteiger partial charge in [-0.05, 0) is 35.9 Å². The lowest BCUT2D eigenvalue weighted by molar-refractivity contribution is 0.411. The maximum atomic E-state index is 11.3. The second-order valence-electron chi connectivity index (χ2n) is 5.17. The topological polar surface area (TPSA) is 84.7 Å². The number of benzene rings is 1. The predicted molar refractivity (Wildman–Crippen MR) is 91.0 cm³/mol. The van der Waals surface area contributed by atoms with Crippen LogP contribution in [0.4, 0.5) is 0 Å². The Morgan fingerprint density at radius 1 is 1.04 bits per heavy atom. The van der Waals surface area contributed by atoms with Crippen molar-refractivity contribution in [3.05, 3.63) is 76.5 Å². The van der Waals surface area contributed by atoms with Gasteiger partial charge in [0.2, 0.25) is 11.4 Å². The van der Waals surface area contributed by atoms with E-state index in [2.05, 4.69) is 20.1 Å². The van der Waals surface area contributed by atoms with Crippen molar-refractivity contribution in [2.24, 2.45) is 0 Å². The van der Waals surface area contributed by atoms with Crippen molar-refractivity contribution in [2.45, 2.75) is 0 Å². The molecule has 4 rings (SSSR count). The van der Waals surface area contributed by atoms with Crippen LogP contribution in [0, 0.1) is 0 Å². The largest absolute Gasteiger partial charge is 0.334 e. The molecule has 1 N–H and O–H groups in total. The molecule has 0 aliphatic carbocycles. The zero-order chi connectivity index (χ0) is 16.4. The van der Waals surface area contributed by atoms with Gasteiger partial charge in [0.15, 0.2) is 0 Å². The molecule has 0 radical (unpaired) electrons. The van der Waals surface area contributed by atoms with Gasteiger partial charge in [-0.2, -0.15) is 4.98 Å². The van der Waals surface area contributed by atoms with E-state index in [-0.39, 0.29) is 5.56 Å². The minimum Gasteiger partial charge on any atom is -0.334 e. The Labute approximate surface area is 136 Å². The van der Waals surface area contributed by atoms with Gasteiger partial charge in [-0.1, -0.05) is 23.4 Å². The Hall–Kier alpha value is -3.54. The van der Waals surface area contributed by atoms with Crippen LogP contribution in [0.5, 0.6) is 0 Å². The minimum absolute atomic E-state index is 0.209. The van der Waals surface area contributed by atoms with E-state index in [0.29, 0.717) is 17.4 Å². The molecular weight excluding hydrogens is 304 g/mol. The van der Waals surface area contributed by atoms with E-state index in [1.807, 2.05) is 36.4 Å². The summed E-state index contributed by atoms with van der Waals surface area (Å²) in [4.78, 5) is 22.5. The molecule has 0 bridgehead atoms. The summed E-state index contributed by atoms with van der Waals surface area (Å²) in [7, 11) is 0. The quantitative estimate of drug-likeness (QED) is 0.627. The molecule has 6 heteroatoms. The van der Waals surface area contributed by atoms with Gasteiger partial charge in [-0.3, -0.25) is 9.78 Å². The van der Waals surface area contributed by atoms with Gasteiger partial charge in [0.1, 0.15) is 0 Å². The molecular formula is C18H12N4O2. The molecule has 0 unspecified atom stereocenters. The van der Waals surface area contributed by atoms with Crippen molar-refractivity contribution in [3.63, 3.8) is 0 Å². The third-order valence-corrected chi connectivity index (χ3v) is 3.50. The van der Waals surface area contributed by atoms with Gasteiger partial charge in [0.25, 0.3) is 5.89 Å².